The molecule has 1 aromatic rings. The molecule has 1 aromatic carbocycles. The van der Waals surface area contributed by atoms with Crippen LogP contribution in [0.4, 0.5) is 0 Å². The molecule has 0 aliphatic carbocycles. The first-order chi connectivity index (χ1) is 12.9. The summed E-state index contributed by atoms with van der Waals surface area (Å²) in [6.45, 7) is 8.39. The third kappa shape index (κ3) is 6.70. The Morgan fingerprint density at radius 2 is 1.78 bits per heavy atom. The summed E-state index contributed by atoms with van der Waals surface area (Å²) >= 11 is 0. The molecule has 6 heteroatoms. The molecular formula is C21H31N3O3. The fourth-order valence-electron chi connectivity index (χ4n) is 3.12. The van der Waals surface area contributed by atoms with E-state index in [2.05, 4.69) is 19.2 Å². The van der Waals surface area contributed by atoms with E-state index in [-0.39, 0.29) is 24.3 Å². The van der Waals surface area contributed by atoms with Crippen molar-refractivity contribution in [3.63, 3.8) is 0 Å². The number of carbonyl (C=O) groups is 3. The van der Waals surface area contributed by atoms with Crippen molar-refractivity contribution in [2.75, 3.05) is 32.7 Å². The number of benzene rings is 1. The van der Waals surface area contributed by atoms with Crippen LogP contribution in [0.2, 0.25) is 0 Å². The summed E-state index contributed by atoms with van der Waals surface area (Å²) in [7, 11) is 0. The topological polar surface area (TPSA) is 69.7 Å². The van der Waals surface area contributed by atoms with Crippen LogP contribution >= 0.6 is 0 Å². The van der Waals surface area contributed by atoms with Crippen LogP contribution in [0.25, 0.3) is 0 Å². The predicted molar refractivity (Wildman–Crippen MR) is 105 cm³/mol. The number of nitrogens with zero attached hydrogens (tertiary/aromatic N) is 2. The number of carbonyl (C=O) groups excluding carboxylic acids is 3. The highest BCUT2D eigenvalue weighted by molar-refractivity contribution is 5.94. The highest BCUT2D eigenvalue weighted by Crippen LogP contribution is 2.11. The van der Waals surface area contributed by atoms with Gasteiger partial charge in [0.1, 0.15) is 0 Å². The first-order valence-corrected chi connectivity index (χ1v) is 9.77. The molecule has 0 spiro atoms. The van der Waals surface area contributed by atoms with Crippen LogP contribution in [-0.2, 0) is 9.59 Å². The van der Waals surface area contributed by atoms with E-state index in [4.69, 9.17) is 0 Å². The summed E-state index contributed by atoms with van der Waals surface area (Å²) in [5, 5.41) is 2.71. The lowest BCUT2D eigenvalue weighted by atomic mass is 10.1. The predicted octanol–water partition coefficient (Wildman–Crippen LogP) is 2.22. The van der Waals surface area contributed by atoms with Gasteiger partial charge in [0.05, 0.1) is 6.54 Å². The van der Waals surface area contributed by atoms with Crippen LogP contribution in [0.5, 0.6) is 0 Å². The van der Waals surface area contributed by atoms with E-state index in [1.165, 1.54) is 0 Å². The molecule has 1 N–H and O–H groups in total. The van der Waals surface area contributed by atoms with Gasteiger partial charge in [-0.25, -0.2) is 0 Å². The average Bonchev–Trinajstić information content (AvgIpc) is 2.90. The Bertz CT molecular complexity index is 672. The number of hydrogen-bond donors (Lipinski definition) is 1. The Labute approximate surface area is 161 Å². The van der Waals surface area contributed by atoms with Crippen molar-refractivity contribution in [3.05, 3.63) is 35.4 Å². The minimum Gasteiger partial charge on any atom is -0.347 e. The van der Waals surface area contributed by atoms with Gasteiger partial charge < -0.3 is 15.1 Å². The van der Waals surface area contributed by atoms with Crippen LogP contribution in [0, 0.1) is 12.8 Å². The molecule has 27 heavy (non-hydrogen) atoms. The first-order valence-electron chi connectivity index (χ1n) is 9.77. The standard InChI is InChI=1S/C21H31N3O3/c1-16(2)8-9-19(25)22-15-20(26)23-10-5-11-24(13-12-23)21(27)18-7-4-6-17(3)14-18/h4,6-7,14,16H,5,8-13,15H2,1-3H3,(H,22,25). The smallest absolute Gasteiger partial charge is 0.253 e. The maximum absolute atomic E-state index is 12.7. The van der Waals surface area contributed by atoms with Crippen molar-refractivity contribution < 1.29 is 14.4 Å². The van der Waals surface area contributed by atoms with Gasteiger partial charge in [-0.2, -0.15) is 0 Å². The van der Waals surface area contributed by atoms with E-state index in [0.717, 1.165) is 18.4 Å². The van der Waals surface area contributed by atoms with Gasteiger partial charge in [-0.1, -0.05) is 31.5 Å². The van der Waals surface area contributed by atoms with Crippen molar-refractivity contribution in [3.8, 4) is 0 Å². The van der Waals surface area contributed by atoms with Crippen molar-refractivity contribution in [1.29, 1.82) is 0 Å². The maximum atomic E-state index is 12.7. The molecule has 0 unspecified atom stereocenters. The second-order valence-electron chi connectivity index (χ2n) is 7.61. The van der Waals surface area contributed by atoms with Crippen LogP contribution in [-0.4, -0.2) is 60.2 Å². The van der Waals surface area contributed by atoms with E-state index < -0.39 is 0 Å². The SMILES string of the molecule is Cc1cccc(C(=O)N2CCCN(C(=O)CNC(=O)CCC(C)C)CC2)c1. The van der Waals surface area contributed by atoms with Gasteiger partial charge in [-0.05, 0) is 37.8 Å². The summed E-state index contributed by atoms with van der Waals surface area (Å²) in [5.41, 5.74) is 1.74. The molecule has 0 aromatic heterocycles. The fourth-order valence-corrected chi connectivity index (χ4v) is 3.12. The van der Waals surface area contributed by atoms with Crippen molar-refractivity contribution in [2.45, 2.75) is 40.0 Å². The zero-order valence-corrected chi connectivity index (χ0v) is 16.7. The maximum Gasteiger partial charge on any atom is 0.253 e. The molecule has 3 amide bonds. The molecule has 1 aliphatic heterocycles. The van der Waals surface area contributed by atoms with E-state index >= 15 is 0 Å². The molecule has 6 nitrogen and oxygen atoms in total. The number of nitrogens with one attached hydrogen (secondary N) is 1. The van der Waals surface area contributed by atoms with Gasteiger partial charge in [0.15, 0.2) is 0 Å². The number of hydrogen-bond acceptors (Lipinski definition) is 3. The highest BCUT2D eigenvalue weighted by atomic mass is 16.2. The fraction of sp³-hybridized carbons (Fsp3) is 0.571. The van der Waals surface area contributed by atoms with Crippen LogP contribution in [0.3, 0.4) is 0 Å². The van der Waals surface area contributed by atoms with Gasteiger partial charge in [0.25, 0.3) is 5.91 Å². The molecule has 0 radical (unpaired) electrons. The lowest BCUT2D eigenvalue weighted by Gasteiger charge is -2.22. The van der Waals surface area contributed by atoms with Crippen molar-refractivity contribution in [1.82, 2.24) is 15.1 Å². The van der Waals surface area contributed by atoms with E-state index in [1.54, 1.807) is 4.90 Å². The molecule has 0 saturated carbocycles. The zero-order chi connectivity index (χ0) is 19.8. The molecule has 1 saturated heterocycles. The van der Waals surface area contributed by atoms with E-state index in [0.29, 0.717) is 44.1 Å². The van der Waals surface area contributed by atoms with E-state index in [9.17, 15) is 14.4 Å². The molecular weight excluding hydrogens is 342 g/mol. The van der Waals surface area contributed by atoms with Gasteiger partial charge in [0, 0.05) is 38.2 Å². The second-order valence-corrected chi connectivity index (χ2v) is 7.61. The summed E-state index contributed by atoms with van der Waals surface area (Å²) in [4.78, 5) is 40.4. The Hall–Kier alpha value is -2.37. The third-order valence-corrected chi connectivity index (χ3v) is 4.79. The largest absolute Gasteiger partial charge is 0.347 e. The molecule has 1 heterocycles. The Morgan fingerprint density at radius 3 is 2.48 bits per heavy atom. The summed E-state index contributed by atoms with van der Waals surface area (Å²) in [6.07, 6.45) is 2.01. The number of rotatable bonds is 6. The van der Waals surface area contributed by atoms with Crippen LogP contribution in [0.1, 0.15) is 49.0 Å². The lowest BCUT2D eigenvalue weighted by molar-refractivity contribution is -0.132. The quantitative estimate of drug-likeness (QED) is 0.831. The minimum absolute atomic E-state index is 0.00925. The Balaban J connectivity index is 1.82. The monoisotopic (exact) mass is 373 g/mol. The minimum atomic E-state index is -0.0854. The average molecular weight is 373 g/mol. The van der Waals surface area contributed by atoms with Crippen LogP contribution < -0.4 is 5.32 Å². The number of aryl methyl sites for hydroxylation is 1. The van der Waals surface area contributed by atoms with Crippen molar-refractivity contribution in [2.24, 2.45) is 5.92 Å². The molecule has 1 aliphatic rings. The Morgan fingerprint density at radius 1 is 1.07 bits per heavy atom. The van der Waals surface area contributed by atoms with Crippen LogP contribution in [0.15, 0.2) is 24.3 Å². The molecule has 0 atom stereocenters. The first kappa shape index (κ1) is 20.9. The normalized spacial score (nSPS) is 14.8. The summed E-state index contributed by atoms with van der Waals surface area (Å²) < 4.78 is 0. The van der Waals surface area contributed by atoms with E-state index in [1.807, 2.05) is 36.1 Å². The lowest BCUT2D eigenvalue weighted by Crippen LogP contribution is -2.42. The second kappa shape index (κ2) is 10.1. The zero-order valence-electron chi connectivity index (χ0n) is 16.7. The van der Waals surface area contributed by atoms with Gasteiger partial charge in [-0.3, -0.25) is 14.4 Å². The molecule has 0 bridgehead atoms. The third-order valence-electron chi connectivity index (χ3n) is 4.79. The molecule has 2 rings (SSSR count). The Kier molecular flexibility index (Phi) is 7.82. The highest BCUT2D eigenvalue weighted by Gasteiger charge is 2.23. The summed E-state index contributed by atoms with van der Waals surface area (Å²) in [6, 6.07) is 7.58. The summed E-state index contributed by atoms with van der Waals surface area (Å²) in [5.74, 6) is 0.310. The van der Waals surface area contributed by atoms with Crippen molar-refractivity contribution >= 4 is 17.7 Å². The van der Waals surface area contributed by atoms with Gasteiger partial charge >= 0.3 is 0 Å². The number of amides is 3. The molecule has 148 valence electrons. The van der Waals surface area contributed by atoms with Gasteiger partial charge in [-0.15, -0.1) is 0 Å². The van der Waals surface area contributed by atoms with Gasteiger partial charge in [0.2, 0.25) is 11.8 Å². The molecule has 1 fully saturated rings.